The van der Waals surface area contributed by atoms with Crippen molar-refractivity contribution < 1.29 is 28.8 Å². The predicted molar refractivity (Wildman–Crippen MR) is 95.5 cm³/mol. The van der Waals surface area contributed by atoms with Crippen LogP contribution in [0.15, 0.2) is 24.3 Å². The second-order valence-electron chi connectivity index (χ2n) is 6.00. The van der Waals surface area contributed by atoms with Crippen molar-refractivity contribution in [1.29, 1.82) is 0 Å². The van der Waals surface area contributed by atoms with E-state index in [-0.39, 0.29) is 12.5 Å². The Morgan fingerprint density at radius 1 is 0.923 bits per heavy atom. The Morgan fingerprint density at radius 2 is 1.58 bits per heavy atom. The van der Waals surface area contributed by atoms with Crippen LogP contribution in [0.1, 0.15) is 11.1 Å². The summed E-state index contributed by atoms with van der Waals surface area (Å²) >= 11 is 0. The van der Waals surface area contributed by atoms with Crippen molar-refractivity contribution in [2.75, 3.05) is 35.2 Å². The van der Waals surface area contributed by atoms with Crippen molar-refractivity contribution in [3.63, 3.8) is 0 Å². The molecule has 0 unspecified atom stereocenters. The molecule has 3 rings (SSSR count). The average Bonchev–Trinajstić information content (AvgIpc) is 3.08. The molecule has 7 heteroatoms. The summed E-state index contributed by atoms with van der Waals surface area (Å²) in [7, 11) is 6.73. The van der Waals surface area contributed by atoms with Gasteiger partial charge in [0.25, 0.3) is 0 Å². The third-order valence-electron chi connectivity index (χ3n) is 4.24. The second-order valence-corrected chi connectivity index (χ2v) is 6.00. The Morgan fingerprint density at radius 3 is 2.23 bits per heavy atom. The number of aromatic hydroxyl groups is 1. The van der Waals surface area contributed by atoms with Gasteiger partial charge in [-0.05, 0) is 19.2 Å². The fourth-order valence-corrected chi connectivity index (χ4v) is 3.03. The van der Waals surface area contributed by atoms with E-state index in [4.69, 9.17) is 23.7 Å². The van der Waals surface area contributed by atoms with Gasteiger partial charge in [0.15, 0.2) is 23.0 Å². The van der Waals surface area contributed by atoms with E-state index in [1.54, 1.807) is 33.5 Å². The fraction of sp³-hybridized carbons (Fsp3) is 0.368. The zero-order valence-corrected chi connectivity index (χ0v) is 15.4. The van der Waals surface area contributed by atoms with Crippen LogP contribution in [0, 0.1) is 0 Å². The van der Waals surface area contributed by atoms with E-state index in [2.05, 4.69) is 4.90 Å². The molecule has 0 spiro atoms. The van der Waals surface area contributed by atoms with Gasteiger partial charge in [-0.15, -0.1) is 0 Å². The third-order valence-corrected chi connectivity index (χ3v) is 4.24. The van der Waals surface area contributed by atoms with Crippen LogP contribution >= 0.6 is 0 Å². The number of ether oxygens (including phenoxy) is 5. The maximum atomic E-state index is 10.2. The maximum absolute atomic E-state index is 10.2. The predicted octanol–water partition coefficient (Wildman–Crippen LogP) is 2.78. The van der Waals surface area contributed by atoms with Crippen LogP contribution in [-0.4, -0.2) is 45.2 Å². The van der Waals surface area contributed by atoms with Crippen molar-refractivity contribution in [2.45, 2.75) is 13.1 Å². The van der Waals surface area contributed by atoms with E-state index >= 15 is 0 Å². The second kappa shape index (κ2) is 7.61. The lowest BCUT2D eigenvalue weighted by Crippen LogP contribution is -2.18. The monoisotopic (exact) mass is 361 g/mol. The summed E-state index contributed by atoms with van der Waals surface area (Å²) in [6.45, 7) is 1.30. The van der Waals surface area contributed by atoms with E-state index in [9.17, 15) is 5.11 Å². The Labute approximate surface area is 152 Å². The van der Waals surface area contributed by atoms with Crippen LogP contribution in [0.5, 0.6) is 34.5 Å². The van der Waals surface area contributed by atoms with Gasteiger partial charge < -0.3 is 28.8 Å². The van der Waals surface area contributed by atoms with E-state index in [1.807, 2.05) is 19.2 Å². The molecule has 140 valence electrons. The van der Waals surface area contributed by atoms with Crippen molar-refractivity contribution in [3.05, 3.63) is 35.4 Å². The van der Waals surface area contributed by atoms with Crippen molar-refractivity contribution in [2.24, 2.45) is 0 Å². The summed E-state index contributed by atoms with van der Waals surface area (Å²) in [5, 5.41) is 10.2. The van der Waals surface area contributed by atoms with Gasteiger partial charge in [0.2, 0.25) is 12.5 Å². The molecule has 0 saturated heterocycles. The highest BCUT2D eigenvalue weighted by atomic mass is 16.7. The Hall–Kier alpha value is -2.80. The molecular weight excluding hydrogens is 338 g/mol. The van der Waals surface area contributed by atoms with Gasteiger partial charge in [-0.3, -0.25) is 4.90 Å². The molecule has 26 heavy (non-hydrogen) atoms. The summed E-state index contributed by atoms with van der Waals surface area (Å²) < 4.78 is 26.9. The number of hydrogen-bond acceptors (Lipinski definition) is 7. The van der Waals surface area contributed by atoms with Crippen LogP contribution in [0.2, 0.25) is 0 Å². The Balaban J connectivity index is 1.79. The van der Waals surface area contributed by atoms with Gasteiger partial charge in [-0.2, -0.15) is 0 Å². The molecule has 1 aliphatic heterocycles. The number of fused-ring (bicyclic) bond motifs is 1. The molecule has 0 aliphatic carbocycles. The molecule has 1 aliphatic rings. The molecule has 1 N–H and O–H groups in total. The van der Waals surface area contributed by atoms with Crippen molar-refractivity contribution in [1.82, 2.24) is 4.90 Å². The highest BCUT2D eigenvalue weighted by molar-refractivity contribution is 5.56. The minimum Gasteiger partial charge on any atom is -0.507 e. The van der Waals surface area contributed by atoms with Gasteiger partial charge in [0, 0.05) is 30.3 Å². The van der Waals surface area contributed by atoms with Crippen LogP contribution in [-0.2, 0) is 13.1 Å². The number of hydrogen-bond donors (Lipinski definition) is 1. The molecular formula is C19H23NO6. The number of nitrogens with zero attached hydrogens (tertiary/aromatic N) is 1. The van der Waals surface area contributed by atoms with E-state index in [1.165, 1.54) is 0 Å². The normalized spacial score (nSPS) is 12.3. The highest BCUT2D eigenvalue weighted by Crippen LogP contribution is 2.41. The van der Waals surface area contributed by atoms with Crippen molar-refractivity contribution in [3.8, 4) is 34.5 Å². The molecule has 0 atom stereocenters. The first-order valence-corrected chi connectivity index (χ1v) is 8.15. The van der Waals surface area contributed by atoms with Gasteiger partial charge in [0.1, 0.15) is 5.75 Å². The molecule has 2 aromatic rings. The number of rotatable bonds is 7. The SMILES string of the molecule is COc1ccc(CN(C)Cc2cc3c(cc2O)OCO3)c(OC)c1OC. The molecule has 0 bridgehead atoms. The van der Waals surface area contributed by atoms with E-state index in [0.29, 0.717) is 41.8 Å². The fourth-order valence-electron chi connectivity index (χ4n) is 3.03. The van der Waals surface area contributed by atoms with Crippen LogP contribution in [0.3, 0.4) is 0 Å². The van der Waals surface area contributed by atoms with Gasteiger partial charge in [-0.1, -0.05) is 6.07 Å². The zero-order chi connectivity index (χ0) is 18.7. The lowest BCUT2D eigenvalue weighted by molar-refractivity contribution is 0.174. The minimum atomic E-state index is 0.177. The zero-order valence-electron chi connectivity index (χ0n) is 15.4. The summed E-state index contributed by atoms with van der Waals surface area (Å²) in [5.41, 5.74) is 1.71. The lowest BCUT2D eigenvalue weighted by Gasteiger charge is -2.21. The van der Waals surface area contributed by atoms with Crippen LogP contribution in [0.25, 0.3) is 0 Å². The summed E-state index contributed by atoms with van der Waals surface area (Å²) in [5.74, 6) is 3.20. The topological polar surface area (TPSA) is 69.6 Å². The van der Waals surface area contributed by atoms with Crippen molar-refractivity contribution >= 4 is 0 Å². The van der Waals surface area contributed by atoms with E-state index < -0.39 is 0 Å². The quantitative estimate of drug-likeness (QED) is 0.813. The van der Waals surface area contributed by atoms with Crippen LogP contribution in [0.4, 0.5) is 0 Å². The first kappa shape index (κ1) is 18.0. The molecule has 0 aromatic heterocycles. The molecule has 7 nitrogen and oxygen atoms in total. The first-order chi connectivity index (χ1) is 12.6. The molecule has 0 radical (unpaired) electrons. The summed E-state index contributed by atoms with van der Waals surface area (Å²) in [6.07, 6.45) is 0. The standard InChI is InChI=1S/C19H23NO6/c1-20(10-13-7-16-17(8-14(13)21)26-11-25-16)9-12-5-6-15(22-2)19(24-4)18(12)23-3/h5-8,21H,9-11H2,1-4H3. The number of phenolic OH excluding ortho intramolecular Hbond substituents is 1. The highest BCUT2D eigenvalue weighted by Gasteiger charge is 2.20. The van der Waals surface area contributed by atoms with Gasteiger partial charge >= 0.3 is 0 Å². The average molecular weight is 361 g/mol. The minimum absolute atomic E-state index is 0.177. The van der Waals surface area contributed by atoms with Gasteiger partial charge in [-0.25, -0.2) is 0 Å². The molecule has 0 saturated carbocycles. The smallest absolute Gasteiger partial charge is 0.231 e. The number of benzene rings is 2. The maximum Gasteiger partial charge on any atom is 0.231 e. The number of phenols is 1. The largest absolute Gasteiger partial charge is 0.507 e. The van der Waals surface area contributed by atoms with Crippen LogP contribution < -0.4 is 23.7 Å². The molecule has 1 heterocycles. The molecule has 0 fully saturated rings. The molecule has 0 amide bonds. The molecule has 2 aromatic carbocycles. The lowest BCUT2D eigenvalue weighted by atomic mass is 10.1. The first-order valence-electron chi connectivity index (χ1n) is 8.15. The summed E-state index contributed by atoms with van der Waals surface area (Å²) in [4.78, 5) is 2.06. The number of methoxy groups -OCH3 is 3. The Kier molecular flexibility index (Phi) is 5.27. The van der Waals surface area contributed by atoms with E-state index in [0.717, 1.165) is 11.1 Å². The Bertz CT molecular complexity index is 792. The van der Waals surface area contributed by atoms with Gasteiger partial charge in [0.05, 0.1) is 21.3 Å². The third kappa shape index (κ3) is 3.43. The summed E-state index contributed by atoms with van der Waals surface area (Å²) in [6, 6.07) is 7.18.